The van der Waals surface area contributed by atoms with Gasteiger partial charge in [-0.1, -0.05) is 61.7 Å². The number of rotatable bonds is 11. The highest BCUT2D eigenvalue weighted by Gasteiger charge is 2.30. The van der Waals surface area contributed by atoms with E-state index < -0.39 is 6.04 Å². The van der Waals surface area contributed by atoms with Crippen molar-refractivity contribution >= 4 is 30.0 Å². The van der Waals surface area contributed by atoms with Crippen LogP contribution in [0.3, 0.4) is 0 Å². The molecule has 2 aromatic carbocycles. The number of nitrogens with two attached hydrogens (primary N) is 1. The lowest BCUT2D eigenvalue weighted by Crippen LogP contribution is -2.52. The fraction of sp³-hybridized carbons (Fsp3) is 0.516. The average Bonchev–Trinajstić information content (AvgIpc) is 2.96. The Kier molecular flexibility index (Phi) is 12.3. The topological polar surface area (TPSA) is 111 Å². The average molecular weight is 556 g/mol. The minimum absolute atomic E-state index is 0. The first kappa shape index (κ1) is 30.6. The molecule has 8 heteroatoms. The van der Waals surface area contributed by atoms with Crippen LogP contribution in [0.1, 0.15) is 73.7 Å². The molecule has 0 aliphatic heterocycles. The van der Waals surface area contributed by atoms with Crippen LogP contribution in [0, 0.1) is 11.8 Å². The van der Waals surface area contributed by atoms with Crippen LogP contribution in [0.25, 0.3) is 0 Å². The number of hydrogen-bond donors (Lipinski definition) is 3. The summed E-state index contributed by atoms with van der Waals surface area (Å²) in [6.07, 6.45) is 9.28. The summed E-state index contributed by atoms with van der Waals surface area (Å²) in [5.41, 5.74) is 7.29. The van der Waals surface area contributed by atoms with Gasteiger partial charge < -0.3 is 21.1 Å². The van der Waals surface area contributed by atoms with Crippen LogP contribution >= 0.6 is 12.4 Å². The molecule has 2 saturated carbocycles. The number of carbonyl (C=O) groups is 3. The molecule has 0 aromatic heterocycles. The number of amides is 2. The summed E-state index contributed by atoms with van der Waals surface area (Å²) in [5, 5.41) is 6.26. The number of hydrogen-bond acceptors (Lipinski definition) is 5. The summed E-state index contributed by atoms with van der Waals surface area (Å²) >= 11 is 0. The molecule has 0 saturated heterocycles. The van der Waals surface area contributed by atoms with Gasteiger partial charge in [0.1, 0.15) is 11.8 Å². The number of halogens is 1. The van der Waals surface area contributed by atoms with Crippen molar-refractivity contribution in [3.05, 3.63) is 65.7 Å². The highest BCUT2D eigenvalue weighted by molar-refractivity contribution is 5.97. The fourth-order valence-electron chi connectivity index (χ4n) is 5.56. The highest BCUT2D eigenvalue weighted by Crippen LogP contribution is 2.28. The van der Waals surface area contributed by atoms with Crippen LogP contribution in [0.4, 0.5) is 0 Å². The van der Waals surface area contributed by atoms with E-state index in [9.17, 15) is 14.4 Å². The number of ketones is 1. The van der Waals surface area contributed by atoms with Gasteiger partial charge in [-0.2, -0.15) is 0 Å². The second kappa shape index (κ2) is 15.6. The lowest BCUT2D eigenvalue weighted by Gasteiger charge is -2.29. The normalized spacial score (nSPS) is 20.2. The predicted octanol–water partition coefficient (Wildman–Crippen LogP) is 4.61. The van der Waals surface area contributed by atoms with Crippen LogP contribution in [0.2, 0.25) is 0 Å². The Balaban J connectivity index is 0.00000420. The van der Waals surface area contributed by atoms with Gasteiger partial charge in [0.05, 0.1) is 0 Å². The maximum Gasteiger partial charge on any atom is 0.243 e. The first-order valence-electron chi connectivity index (χ1n) is 14.1. The Labute approximate surface area is 238 Å². The zero-order valence-corrected chi connectivity index (χ0v) is 23.4. The van der Waals surface area contributed by atoms with Crippen LogP contribution < -0.4 is 21.1 Å². The van der Waals surface area contributed by atoms with E-state index in [0.717, 1.165) is 56.9 Å². The predicted molar refractivity (Wildman–Crippen MR) is 155 cm³/mol. The fourth-order valence-corrected chi connectivity index (χ4v) is 5.56. The molecular weight excluding hydrogens is 514 g/mol. The number of ether oxygens (including phenoxy) is 1. The van der Waals surface area contributed by atoms with Crippen molar-refractivity contribution in [2.24, 2.45) is 17.6 Å². The van der Waals surface area contributed by atoms with Gasteiger partial charge in [-0.25, -0.2) is 0 Å². The van der Waals surface area contributed by atoms with E-state index in [1.54, 1.807) is 18.2 Å². The molecule has 1 unspecified atom stereocenters. The molecule has 0 bridgehead atoms. The minimum Gasteiger partial charge on any atom is -0.485 e. The van der Waals surface area contributed by atoms with Crippen molar-refractivity contribution in [2.75, 3.05) is 13.2 Å². The number of benzene rings is 2. The van der Waals surface area contributed by atoms with Gasteiger partial charge in [0.2, 0.25) is 11.8 Å². The minimum atomic E-state index is -0.669. The molecule has 212 valence electrons. The van der Waals surface area contributed by atoms with Crippen molar-refractivity contribution in [1.82, 2.24) is 10.6 Å². The number of nitrogens with one attached hydrogen (secondary N) is 2. The molecule has 2 amide bonds. The van der Waals surface area contributed by atoms with Crippen LogP contribution in [-0.4, -0.2) is 42.8 Å². The summed E-state index contributed by atoms with van der Waals surface area (Å²) in [6.45, 7) is 0.595. The van der Waals surface area contributed by atoms with E-state index >= 15 is 0 Å². The number of carbonyl (C=O) groups excluding carboxylic acids is 3. The van der Waals surface area contributed by atoms with Gasteiger partial charge >= 0.3 is 0 Å². The summed E-state index contributed by atoms with van der Waals surface area (Å²) in [5.74, 6) is 0.681. The van der Waals surface area contributed by atoms with Gasteiger partial charge in [0.15, 0.2) is 12.4 Å². The highest BCUT2D eigenvalue weighted by atomic mass is 35.5. The van der Waals surface area contributed by atoms with Gasteiger partial charge in [-0.15, -0.1) is 12.4 Å². The molecule has 0 heterocycles. The number of Topliss-reactive ketones (excluding diaryl/α,β-unsaturated/α-hetero) is 1. The Bertz CT molecular complexity index is 1070. The molecule has 0 spiro atoms. The molecule has 2 aliphatic carbocycles. The smallest absolute Gasteiger partial charge is 0.243 e. The Morgan fingerprint density at radius 3 is 2.31 bits per heavy atom. The van der Waals surface area contributed by atoms with E-state index in [2.05, 4.69) is 10.6 Å². The molecule has 0 radical (unpaired) electrons. The van der Waals surface area contributed by atoms with Gasteiger partial charge in [-0.05, 0) is 68.7 Å². The quantitative estimate of drug-likeness (QED) is 0.351. The summed E-state index contributed by atoms with van der Waals surface area (Å²) in [6, 6.07) is 16.0. The lowest BCUT2D eigenvalue weighted by atomic mass is 9.81. The molecule has 2 fully saturated rings. The SMILES string of the molecule is Cl.NCC1CCC(C(=O)NC(Cc2cccc(OCC(=O)c3ccccc3)c2)C(=O)NC2CCCCC2)CC1. The molecule has 2 aromatic rings. The van der Waals surface area contributed by atoms with Crippen molar-refractivity contribution in [3.8, 4) is 5.75 Å². The molecule has 39 heavy (non-hydrogen) atoms. The molecule has 1 atom stereocenters. The maximum absolute atomic E-state index is 13.4. The van der Waals surface area contributed by atoms with Crippen molar-refractivity contribution in [1.29, 1.82) is 0 Å². The molecule has 4 rings (SSSR count). The van der Waals surface area contributed by atoms with E-state index in [1.165, 1.54) is 6.42 Å². The largest absolute Gasteiger partial charge is 0.485 e. The third-order valence-corrected chi connectivity index (χ3v) is 7.94. The summed E-state index contributed by atoms with van der Waals surface area (Å²) in [7, 11) is 0. The van der Waals surface area contributed by atoms with E-state index in [4.69, 9.17) is 10.5 Å². The standard InChI is InChI=1S/C31H41N3O4.ClH/c32-20-22-14-16-25(17-15-22)30(36)34-28(31(37)33-26-11-5-2-6-12-26)19-23-8-7-13-27(18-23)38-21-29(35)24-9-3-1-4-10-24;/h1,3-4,7-10,13,18,22,25-26,28H,2,5-6,11-12,14-17,19-21,32H2,(H,33,37)(H,34,36);1H. The van der Waals surface area contributed by atoms with E-state index in [1.807, 2.05) is 36.4 Å². The third kappa shape index (κ3) is 9.36. The molecule has 2 aliphatic rings. The van der Waals surface area contributed by atoms with Crippen LogP contribution in [0.5, 0.6) is 5.75 Å². The molecule has 7 nitrogen and oxygen atoms in total. The van der Waals surface area contributed by atoms with Gasteiger partial charge in [0.25, 0.3) is 0 Å². The van der Waals surface area contributed by atoms with E-state index in [-0.39, 0.29) is 48.6 Å². The second-order valence-corrected chi connectivity index (χ2v) is 10.8. The molecular formula is C31H42ClN3O4. The van der Waals surface area contributed by atoms with Crippen LogP contribution in [-0.2, 0) is 16.0 Å². The third-order valence-electron chi connectivity index (χ3n) is 7.94. The van der Waals surface area contributed by atoms with Crippen molar-refractivity contribution in [3.63, 3.8) is 0 Å². The Morgan fingerprint density at radius 2 is 1.62 bits per heavy atom. The van der Waals surface area contributed by atoms with Gasteiger partial charge in [0, 0.05) is 23.9 Å². The van der Waals surface area contributed by atoms with Gasteiger partial charge in [-0.3, -0.25) is 14.4 Å². The maximum atomic E-state index is 13.4. The van der Waals surface area contributed by atoms with Crippen molar-refractivity contribution in [2.45, 2.75) is 76.3 Å². The zero-order valence-electron chi connectivity index (χ0n) is 22.6. The Hall–Kier alpha value is -2.90. The van der Waals surface area contributed by atoms with Crippen molar-refractivity contribution < 1.29 is 19.1 Å². The van der Waals surface area contributed by atoms with Crippen LogP contribution in [0.15, 0.2) is 54.6 Å². The molecule has 4 N–H and O–H groups in total. The summed E-state index contributed by atoms with van der Waals surface area (Å²) < 4.78 is 5.78. The Morgan fingerprint density at radius 1 is 0.897 bits per heavy atom. The zero-order chi connectivity index (χ0) is 26.7. The van der Waals surface area contributed by atoms with E-state index in [0.29, 0.717) is 30.2 Å². The first-order valence-corrected chi connectivity index (χ1v) is 14.1. The summed E-state index contributed by atoms with van der Waals surface area (Å²) in [4.78, 5) is 39.0. The monoisotopic (exact) mass is 555 g/mol. The first-order chi connectivity index (χ1) is 18.5. The second-order valence-electron chi connectivity index (χ2n) is 10.8. The lowest BCUT2D eigenvalue weighted by molar-refractivity contribution is -0.132.